The van der Waals surface area contributed by atoms with Crippen LogP contribution in [0, 0.1) is 5.82 Å². The summed E-state index contributed by atoms with van der Waals surface area (Å²) in [5, 5.41) is 4.51. The Balaban J connectivity index is 1.13. The summed E-state index contributed by atoms with van der Waals surface area (Å²) in [5.41, 5.74) is 8.61. The molecule has 2 aliphatic rings. The highest BCUT2D eigenvalue weighted by molar-refractivity contribution is 7.99. The average molecular weight is 566 g/mol. The summed E-state index contributed by atoms with van der Waals surface area (Å²) in [6, 6.07) is 13.3. The number of nitrogens with two attached hydrogens (primary N) is 1. The lowest BCUT2D eigenvalue weighted by molar-refractivity contribution is -0.132. The van der Waals surface area contributed by atoms with Crippen LogP contribution in [0.2, 0.25) is 0 Å². The van der Waals surface area contributed by atoms with Gasteiger partial charge in [0.2, 0.25) is 5.91 Å². The number of amides is 1. The Bertz CT molecular complexity index is 1380. The average Bonchev–Trinajstić information content (AvgIpc) is 2.93. The lowest BCUT2D eigenvalue weighted by atomic mass is 10.0. The number of aromatic nitrogens is 2. The third-order valence-electron chi connectivity index (χ3n) is 7.35. The fourth-order valence-electron chi connectivity index (χ4n) is 4.83. The summed E-state index contributed by atoms with van der Waals surface area (Å²) < 4.78 is 20.2. The Kier molecular flexibility index (Phi) is 9.38. The summed E-state index contributed by atoms with van der Waals surface area (Å²) in [5.74, 6) is 0.408. The fraction of sp³-hybridized carbons (Fsp3) is 0.433. The molecule has 1 aliphatic heterocycles. The number of nitrogens with one attached hydrogen (secondary N) is 1. The number of rotatable bonds is 12. The van der Waals surface area contributed by atoms with Gasteiger partial charge in [0.25, 0.3) is 5.56 Å². The number of carbonyl (C=O) groups is 1. The predicted molar refractivity (Wildman–Crippen MR) is 155 cm³/mol. The topological polar surface area (TPSA) is 102 Å². The van der Waals surface area contributed by atoms with Gasteiger partial charge in [-0.05, 0) is 74.7 Å². The molecule has 40 heavy (non-hydrogen) atoms. The van der Waals surface area contributed by atoms with Crippen molar-refractivity contribution in [1.82, 2.24) is 19.8 Å². The number of benzene rings is 2. The first-order valence-corrected chi connectivity index (χ1v) is 14.9. The van der Waals surface area contributed by atoms with Gasteiger partial charge < -0.3 is 20.7 Å². The molecule has 1 amide bonds. The lowest BCUT2D eigenvalue weighted by Gasteiger charge is -2.30. The van der Waals surface area contributed by atoms with Crippen LogP contribution in [-0.2, 0) is 17.8 Å². The number of carbonyl (C=O) groups excluding carboxylic acids is 1. The summed E-state index contributed by atoms with van der Waals surface area (Å²) in [6.07, 6.45) is 6.19. The number of nitrogen functional groups attached to an aromatic ring is 1. The Morgan fingerprint density at radius 2 is 1.98 bits per heavy atom. The molecule has 3 N–H and O–H groups in total. The summed E-state index contributed by atoms with van der Waals surface area (Å²) in [7, 11) is 0. The highest BCUT2D eigenvalue weighted by Crippen LogP contribution is 2.36. The molecule has 0 spiro atoms. The molecule has 10 heteroatoms. The minimum absolute atomic E-state index is 0.0284. The lowest BCUT2D eigenvalue weighted by Crippen LogP contribution is -2.42. The first-order chi connectivity index (χ1) is 19.5. The smallest absolute Gasteiger partial charge is 0.264 e. The van der Waals surface area contributed by atoms with Crippen molar-refractivity contribution >= 4 is 23.4 Å². The van der Waals surface area contributed by atoms with Gasteiger partial charge in [-0.15, -0.1) is 0 Å². The summed E-state index contributed by atoms with van der Waals surface area (Å²) >= 11 is 1.67. The molecule has 1 fully saturated rings. The van der Waals surface area contributed by atoms with Crippen molar-refractivity contribution in [1.29, 1.82) is 0 Å². The van der Waals surface area contributed by atoms with Gasteiger partial charge >= 0.3 is 0 Å². The highest BCUT2D eigenvalue weighted by atomic mass is 32.2. The number of halogens is 1. The number of thioether (sulfide) groups is 1. The standard InChI is InChI=1S/C30H36FN5O3S/c31-21-9-11-24(12-10-21)39-18-2-1-15-33-16-13-28(37)35-17-14-27-26(20-35)29(38)36(23-6-3-5-22(32)19-23)30(34-27)40-25-7-4-8-25/h3,5-6,9-12,19,25,33H,1-2,4,7-8,13-18,20,32H2. The second kappa shape index (κ2) is 13.3. The van der Waals surface area contributed by atoms with Crippen LogP contribution in [0.25, 0.3) is 5.69 Å². The molecule has 2 heterocycles. The monoisotopic (exact) mass is 565 g/mol. The molecule has 1 aromatic heterocycles. The van der Waals surface area contributed by atoms with E-state index in [4.69, 9.17) is 15.5 Å². The number of hydrogen-bond donors (Lipinski definition) is 2. The zero-order valence-electron chi connectivity index (χ0n) is 22.6. The first kappa shape index (κ1) is 28.2. The normalized spacial score (nSPS) is 15.0. The van der Waals surface area contributed by atoms with Gasteiger partial charge in [0.1, 0.15) is 11.6 Å². The van der Waals surface area contributed by atoms with E-state index < -0.39 is 0 Å². The van der Waals surface area contributed by atoms with Crippen LogP contribution in [0.1, 0.15) is 49.8 Å². The maximum absolute atomic E-state index is 13.8. The number of fused-ring (bicyclic) bond motifs is 1. The van der Waals surface area contributed by atoms with E-state index >= 15 is 0 Å². The molecular formula is C30H36FN5O3S. The van der Waals surface area contributed by atoms with Crippen molar-refractivity contribution in [3.8, 4) is 11.4 Å². The van der Waals surface area contributed by atoms with E-state index in [9.17, 15) is 14.0 Å². The molecule has 0 atom stereocenters. The van der Waals surface area contributed by atoms with Gasteiger partial charge in [-0.2, -0.15) is 0 Å². The molecule has 212 valence electrons. The van der Waals surface area contributed by atoms with Crippen LogP contribution in [0.15, 0.2) is 58.5 Å². The van der Waals surface area contributed by atoms with Crippen molar-refractivity contribution in [2.24, 2.45) is 0 Å². The molecule has 0 bridgehead atoms. The van der Waals surface area contributed by atoms with Gasteiger partial charge in [0, 0.05) is 36.9 Å². The number of unbranched alkanes of at least 4 members (excludes halogenated alkanes) is 1. The number of anilines is 1. The van der Waals surface area contributed by atoms with Crippen molar-refractivity contribution < 1.29 is 13.9 Å². The molecule has 1 saturated carbocycles. The molecule has 0 unspecified atom stereocenters. The molecule has 2 aromatic carbocycles. The molecule has 1 aliphatic carbocycles. The summed E-state index contributed by atoms with van der Waals surface area (Å²) in [6.45, 7) is 2.75. The predicted octanol–water partition coefficient (Wildman–Crippen LogP) is 4.32. The molecule has 8 nitrogen and oxygen atoms in total. The number of hydrogen-bond acceptors (Lipinski definition) is 7. The maximum Gasteiger partial charge on any atom is 0.264 e. The zero-order valence-corrected chi connectivity index (χ0v) is 23.4. The van der Waals surface area contributed by atoms with E-state index in [0.29, 0.717) is 65.6 Å². The van der Waals surface area contributed by atoms with E-state index in [-0.39, 0.29) is 23.8 Å². The maximum atomic E-state index is 13.8. The SMILES string of the molecule is Nc1cccc(-n2c(SC3CCC3)nc3c(c2=O)CN(C(=O)CCNCCCCOc2ccc(F)cc2)CC3)c1. The van der Waals surface area contributed by atoms with Crippen LogP contribution in [0.4, 0.5) is 10.1 Å². The van der Waals surface area contributed by atoms with Crippen LogP contribution in [-0.4, -0.2) is 51.8 Å². The third kappa shape index (κ3) is 7.03. The van der Waals surface area contributed by atoms with Crippen LogP contribution in [0.5, 0.6) is 5.75 Å². The molecule has 3 aromatic rings. The van der Waals surface area contributed by atoms with Crippen molar-refractivity contribution in [3.63, 3.8) is 0 Å². The van der Waals surface area contributed by atoms with Gasteiger partial charge in [0.05, 0.1) is 30.1 Å². The van der Waals surface area contributed by atoms with E-state index in [1.807, 2.05) is 12.1 Å². The van der Waals surface area contributed by atoms with Gasteiger partial charge in [-0.3, -0.25) is 14.2 Å². The van der Waals surface area contributed by atoms with Crippen LogP contribution < -0.4 is 21.3 Å². The highest BCUT2D eigenvalue weighted by Gasteiger charge is 2.28. The zero-order chi connectivity index (χ0) is 27.9. The molecule has 5 rings (SSSR count). The van der Waals surface area contributed by atoms with Gasteiger partial charge in [-0.25, -0.2) is 9.37 Å². The quantitative estimate of drug-likeness (QED) is 0.192. The molecule has 0 saturated heterocycles. The van der Waals surface area contributed by atoms with E-state index in [1.165, 1.54) is 18.6 Å². The minimum atomic E-state index is -0.279. The molecule has 0 radical (unpaired) electrons. The van der Waals surface area contributed by atoms with Crippen molar-refractivity contribution in [2.45, 2.75) is 61.9 Å². The minimum Gasteiger partial charge on any atom is -0.494 e. The Morgan fingerprint density at radius 1 is 1.15 bits per heavy atom. The van der Waals surface area contributed by atoms with E-state index in [1.54, 1.807) is 45.5 Å². The van der Waals surface area contributed by atoms with Crippen LogP contribution >= 0.6 is 11.8 Å². The van der Waals surface area contributed by atoms with Crippen LogP contribution in [0.3, 0.4) is 0 Å². The van der Waals surface area contributed by atoms with Crippen molar-refractivity contribution in [3.05, 3.63) is 76.0 Å². The van der Waals surface area contributed by atoms with Crippen molar-refractivity contribution in [2.75, 3.05) is 32.0 Å². The Morgan fingerprint density at radius 3 is 2.73 bits per heavy atom. The van der Waals surface area contributed by atoms with E-state index in [2.05, 4.69) is 5.32 Å². The Labute approximate surface area is 238 Å². The summed E-state index contributed by atoms with van der Waals surface area (Å²) in [4.78, 5) is 33.5. The van der Waals surface area contributed by atoms with Gasteiger partial charge in [0.15, 0.2) is 5.16 Å². The molecular weight excluding hydrogens is 529 g/mol. The number of nitrogens with zero attached hydrogens (tertiary/aromatic N) is 3. The van der Waals surface area contributed by atoms with Gasteiger partial charge in [-0.1, -0.05) is 24.2 Å². The largest absolute Gasteiger partial charge is 0.494 e. The Hall–Kier alpha value is -3.37. The fourth-order valence-corrected chi connectivity index (χ4v) is 6.15. The first-order valence-electron chi connectivity index (χ1n) is 14.0. The second-order valence-electron chi connectivity index (χ2n) is 10.3. The number of ether oxygens (including phenoxy) is 1. The third-order valence-corrected chi connectivity index (χ3v) is 8.64. The van der Waals surface area contributed by atoms with E-state index in [0.717, 1.165) is 37.9 Å². The second-order valence-corrected chi connectivity index (χ2v) is 11.6.